The van der Waals surface area contributed by atoms with Crippen molar-refractivity contribution >= 4 is 21.8 Å². The van der Waals surface area contributed by atoms with Gasteiger partial charge in [-0.05, 0) is 31.8 Å². The minimum absolute atomic E-state index is 0.0733. The number of benzene rings is 1. The third kappa shape index (κ3) is 5.28. The van der Waals surface area contributed by atoms with Crippen molar-refractivity contribution in [3.05, 3.63) is 34.3 Å². The van der Waals surface area contributed by atoms with Gasteiger partial charge in [0.1, 0.15) is 0 Å². The predicted octanol–water partition coefficient (Wildman–Crippen LogP) is 1.67. The molecule has 0 aliphatic heterocycles. The zero-order valence-electron chi connectivity index (χ0n) is 9.66. The van der Waals surface area contributed by atoms with Gasteiger partial charge in [-0.3, -0.25) is 4.79 Å². The average Bonchev–Trinajstić information content (AvgIpc) is 2.21. The van der Waals surface area contributed by atoms with E-state index < -0.39 is 0 Å². The first-order chi connectivity index (χ1) is 7.58. The van der Waals surface area contributed by atoms with E-state index >= 15 is 0 Å². The number of nitrogens with one attached hydrogen (secondary N) is 1. The number of amides is 1. The van der Waals surface area contributed by atoms with Crippen LogP contribution >= 0.6 is 15.9 Å². The lowest BCUT2D eigenvalue weighted by Gasteiger charge is -2.10. The Hall–Kier alpha value is -0.870. The molecule has 0 bridgehead atoms. The smallest absolute Gasteiger partial charge is 0.224 e. The van der Waals surface area contributed by atoms with E-state index in [1.54, 1.807) is 0 Å². The summed E-state index contributed by atoms with van der Waals surface area (Å²) in [5.41, 5.74) is 1.03. The monoisotopic (exact) mass is 284 g/mol. The third-order valence-corrected chi connectivity index (χ3v) is 2.69. The first-order valence-electron chi connectivity index (χ1n) is 5.24. The normalized spacial score (nSPS) is 10.5. The molecule has 0 saturated carbocycles. The van der Waals surface area contributed by atoms with Crippen molar-refractivity contribution in [1.82, 2.24) is 10.2 Å². The number of rotatable bonds is 5. The first kappa shape index (κ1) is 13.2. The predicted molar refractivity (Wildman–Crippen MR) is 69.4 cm³/mol. The van der Waals surface area contributed by atoms with Crippen LogP contribution in [0, 0.1) is 0 Å². The zero-order valence-corrected chi connectivity index (χ0v) is 11.3. The minimum atomic E-state index is 0.0733. The molecule has 1 N–H and O–H groups in total. The molecule has 0 aliphatic carbocycles. The van der Waals surface area contributed by atoms with E-state index in [2.05, 4.69) is 21.2 Å². The van der Waals surface area contributed by atoms with Gasteiger partial charge in [0.25, 0.3) is 0 Å². The summed E-state index contributed by atoms with van der Waals surface area (Å²) in [6, 6.07) is 7.80. The minimum Gasteiger partial charge on any atom is -0.355 e. The number of likely N-dealkylation sites (N-methyl/N-ethyl adjacent to an activating group) is 1. The molecule has 1 amide bonds. The van der Waals surface area contributed by atoms with Crippen molar-refractivity contribution in [2.75, 3.05) is 27.2 Å². The van der Waals surface area contributed by atoms with Crippen molar-refractivity contribution in [2.45, 2.75) is 6.42 Å². The molecule has 1 aromatic rings. The lowest BCUT2D eigenvalue weighted by atomic mass is 10.1. The summed E-state index contributed by atoms with van der Waals surface area (Å²) in [5, 5.41) is 2.88. The Morgan fingerprint density at radius 2 is 1.94 bits per heavy atom. The molecule has 0 radical (unpaired) electrons. The summed E-state index contributed by atoms with van der Waals surface area (Å²) in [5.74, 6) is 0.0733. The van der Waals surface area contributed by atoms with Crippen LogP contribution in [0.2, 0.25) is 0 Å². The maximum absolute atomic E-state index is 11.5. The molecule has 0 saturated heterocycles. The van der Waals surface area contributed by atoms with E-state index in [0.29, 0.717) is 13.0 Å². The molecule has 1 aromatic carbocycles. The Morgan fingerprint density at radius 3 is 2.50 bits per heavy atom. The standard InChI is InChI=1S/C12H17BrN2O/c1-15(2)8-7-14-12(16)9-10-3-5-11(13)6-4-10/h3-6H,7-9H2,1-2H3,(H,14,16). The van der Waals surface area contributed by atoms with E-state index in [1.807, 2.05) is 43.3 Å². The van der Waals surface area contributed by atoms with Crippen molar-refractivity contribution in [2.24, 2.45) is 0 Å². The maximum Gasteiger partial charge on any atom is 0.224 e. The molecule has 0 unspecified atom stereocenters. The number of carbonyl (C=O) groups is 1. The van der Waals surface area contributed by atoms with Crippen molar-refractivity contribution in [3.8, 4) is 0 Å². The summed E-state index contributed by atoms with van der Waals surface area (Å²) in [4.78, 5) is 13.6. The van der Waals surface area contributed by atoms with Crippen LogP contribution in [0.1, 0.15) is 5.56 Å². The Balaban J connectivity index is 2.31. The summed E-state index contributed by atoms with van der Waals surface area (Å²) in [6.07, 6.45) is 0.445. The topological polar surface area (TPSA) is 32.3 Å². The van der Waals surface area contributed by atoms with Crippen molar-refractivity contribution < 1.29 is 4.79 Å². The zero-order chi connectivity index (χ0) is 12.0. The second kappa shape index (κ2) is 6.66. The van der Waals surface area contributed by atoms with Crippen LogP contribution in [-0.2, 0) is 11.2 Å². The van der Waals surface area contributed by atoms with Crippen LogP contribution in [0.15, 0.2) is 28.7 Å². The number of nitrogens with zero attached hydrogens (tertiary/aromatic N) is 1. The van der Waals surface area contributed by atoms with E-state index in [1.165, 1.54) is 0 Å². The molecule has 16 heavy (non-hydrogen) atoms. The fraction of sp³-hybridized carbons (Fsp3) is 0.417. The summed E-state index contributed by atoms with van der Waals surface area (Å²) in [7, 11) is 3.97. The van der Waals surface area contributed by atoms with Gasteiger partial charge in [0.2, 0.25) is 5.91 Å². The van der Waals surface area contributed by atoms with Gasteiger partial charge < -0.3 is 10.2 Å². The van der Waals surface area contributed by atoms with Gasteiger partial charge in [0.15, 0.2) is 0 Å². The van der Waals surface area contributed by atoms with E-state index in [9.17, 15) is 4.79 Å². The van der Waals surface area contributed by atoms with Crippen LogP contribution in [0.5, 0.6) is 0 Å². The summed E-state index contributed by atoms with van der Waals surface area (Å²) in [6.45, 7) is 1.56. The van der Waals surface area contributed by atoms with Gasteiger partial charge >= 0.3 is 0 Å². The van der Waals surface area contributed by atoms with Crippen LogP contribution in [0.25, 0.3) is 0 Å². The molecule has 0 fully saturated rings. The van der Waals surface area contributed by atoms with Gasteiger partial charge in [-0.1, -0.05) is 28.1 Å². The lowest BCUT2D eigenvalue weighted by molar-refractivity contribution is -0.120. The quantitative estimate of drug-likeness (QED) is 0.892. The third-order valence-electron chi connectivity index (χ3n) is 2.16. The highest BCUT2D eigenvalue weighted by molar-refractivity contribution is 9.10. The number of carbonyl (C=O) groups excluding carboxylic acids is 1. The molecular weight excluding hydrogens is 268 g/mol. The number of hydrogen-bond donors (Lipinski definition) is 1. The Bertz CT molecular complexity index is 335. The van der Waals surface area contributed by atoms with Crippen LogP contribution < -0.4 is 5.32 Å². The highest BCUT2D eigenvalue weighted by atomic mass is 79.9. The second-order valence-corrected chi connectivity index (χ2v) is 4.87. The van der Waals surface area contributed by atoms with E-state index in [4.69, 9.17) is 0 Å². The van der Waals surface area contributed by atoms with Gasteiger partial charge in [-0.25, -0.2) is 0 Å². The molecule has 88 valence electrons. The van der Waals surface area contributed by atoms with E-state index in [-0.39, 0.29) is 5.91 Å². The van der Waals surface area contributed by atoms with Gasteiger partial charge in [0.05, 0.1) is 6.42 Å². The van der Waals surface area contributed by atoms with Gasteiger partial charge in [-0.15, -0.1) is 0 Å². The molecular formula is C12H17BrN2O. The molecule has 1 rings (SSSR count). The van der Waals surface area contributed by atoms with Crippen LogP contribution in [0.3, 0.4) is 0 Å². The molecule has 0 aromatic heterocycles. The van der Waals surface area contributed by atoms with Crippen molar-refractivity contribution in [3.63, 3.8) is 0 Å². The lowest BCUT2D eigenvalue weighted by Crippen LogP contribution is -2.32. The van der Waals surface area contributed by atoms with Crippen LogP contribution in [-0.4, -0.2) is 38.0 Å². The summed E-state index contributed by atoms with van der Waals surface area (Å²) < 4.78 is 1.03. The van der Waals surface area contributed by atoms with Crippen molar-refractivity contribution in [1.29, 1.82) is 0 Å². The van der Waals surface area contributed by atoms with Gasteiger partial charge in [0, 0.05) is 17.6 Å². The maximum atomic E-state index is 11.5. The Kier molecular flexibility index (Phi) is 5.49. The molecule has 0 atom stereocenters. The molecule has 4 heteroatoms. The Morgan fingerprint density at radius 1 is 1.31 bits per heavy atom. The largest absolute Gasteiger partial charge is 0.355 e. The molecule has 3 nitrogen and oxygen atoms in total. The number of hydrogen-bond acceptors (Lipinski definition) is 2. The van der Waals surface area contributed by atoms with Crippen LogP contribution in [0.4, 0.5) is 0 Å². The number of halogens is 1. The fourth-order valence-electron chi connectivity index (χ4n) is 1.27. The molecule has 0 aliphatic rings. The van der Waals surface area contributed by atoms with Gasteiger partial charge in [-0.2, -0.15) is 0 Å². The SMILES string of the molecule is CN(C)CCNC(=O)Cc1ccc(Br)cc1. The molecule has 0 heterocycles. The highest BCUT2D eigenvalue weighted by Gasteiger charge is 2.02. The fourth-order valence-corrected chi connectivity index (χ4v) is 1.53. The second-order valence-electron chi connectivity index (χ2n) is 3.96. The molecule has 0 spiro atoms. The van der Waals surface area contributed by atoms with E-state index in [0.717, 1.165) is 16.6 Å². The average molecular weight is 285 g/mol. The first-order valence-corrected chi connectivity index (χ1v) is 6.03. The summed E-state index contributed by atoms with van der Waals surface area (Å²) >= 11 is 3.36. The highest BCUT2D eigenvalue weighted by Crippen LogP contribution is 2.10. The Labute approximate surface area is 105 Å².